The third-order valence-corrected chi connectivity index (χ3v) is 3.27. The molecule has 0 fully saturated rings. The second kappa shape index (κ2) is 9.34. The molecule has 0 saturated carbocycles. The van der Waals surface area contributed by atoms with Crippen molar-refractivity contribution < 1.29 is 9.53 Å². The van der Waals surface area contributed by atoms with Crippen molar-refractivity contribution in [2.24, 2.45) is 11.5 Å². The number of carbonyl (C=O) groups is 1. The molecule has 0 bridgehead atoms. The Morgan fingerprint density at radius 1 is 1.28 bits per heavy atom. The number of unbranched alkanes of at least 4 members (excludes halogenated alkanes) is 3. The first-order valence-electron chi connectivity index (χ1n) is 7.10. The zero-order valence-electron chi connectivity index (χ0n) is 12.2. The van der Waals surface area contributed by atoms with Crippen LogP contribution in [-0.4, -0.2) is 24.2 Å². The van der Waals surface area contributed by atoms with Crippen LogP contribution in [0.15, 0.2) is 0 Å². The minimum atomic E-state index is -0.909. The zero-order chi connectivity index (χ0) is 14.0. The minimum Gasteiger partial charge on any atom is -0.379 e. The predicted molar refractivity (Wildman–Crippen MR) is 75.2 cm³/mol. The molecule has 0 aromatic carbocycles. The van der Waals surface area contributed by atoms with E-state index in [1.807, 2.05) is 0 Å². The van der Waals surface area contributed by atoms with E-state index in [2.05, 4.69) is 13.8 Å². The van der Waals surface area contributed by atoms with Crippen molar-refractivity contribution in [3.8, 4) is 0 Å². The SMILES string of the molecule is CCCCCCC(C)OCCCC(C)(N)C(N)=O. The summed E-state index contributed by atoms with van der Waals surface area (Å²) in [6.07, 6.45) is 7.82. The van der Waals surface area contributed by atoms with Crippen LogP contribution in [0.2, 0.25) is 0 Å². The van der Waals surface area contributed by atoms with Gasteiger partial charge in [0, 0.05) is 6.61 Å². The van der Waals surface area contributed by atoms with Crippen LogP contribution in [0.3, 0.4) is 0 Å². The molecule has 0 radical (unpaired) electrons. The summed E-state index contributed by atoms with van der Waals surface area (Å²) < 4.78 is 5.69. The standard InChI is InChI=1S/C14H30N2O2/c1-4-5-6-7-9-12(2)18-11-8-10-14(3,16)13(15)17/h12H,4-11,16H2,1-3H3,(H2,15,17). The highest BCUT2D eigenvalue weighted by atomic mass is 16.5. The molecule has 1 amide bonds. The lowest BCUT2D eigenvalue weighted by Gasteiger charge is -2.20. The van der Waals surface area contributed by atoms with E-state index in [1.165, 1.54) is 25.7 Å². The van der Waals surface area contributed by atoms with Gasteiger partial charge in [0.25, 0.3) is 0 Å². The predicted octanol–water partition coefficient (Wildman–Crippen LogP) is 2.34. The molecular formula is C14H30N2O2. The summed E-state index contributed by atoms with van der Waals surface area (Å²) in [7, 11) is 0. The Labute approximate surface area is 111 Å². The molecule has 4 nitrogen and oxygen atoms in total. The number of hydrogen-bond acceptors (Lipinski definition) is 3. The van der Waals surface area contributed by atoms with E-state index in [9.17, 15) is 4.79 Å². The molecular weight excluding hydrogens is 228 g/mol. The minimum absolute atomic E-state index is 0.291. The maximum Gasteiger partial charge on any atom is 0.237 e. The van der Waals surface area contributed by atoms with Crippen LogP contribution in [0.5, 0.6) is 0 Å². The average molecular weight is 258 g/mol. The van der Waals surface area contributed by atoms with Gasteiger partial charge in [-0.3, -0.25) is 4.79 Å². The summed E-state index contributed by atoms with van der Waals surface area (Å²) in [4.78, 5) is 11.0. The van der Waals surface area contributed by atoms with E-state index in [4.69, 9.17) is 16.2 Å². The lowest BCUT2D eigenvalue weighted by atomic mass is 9.97. The third kappa shape index (κ3) is 8.48. The molecule has 0 heterocycles. The Kier molecular flexibility index (Phi) is 9.02. The molecule has 4 heteroatoms. The fourth-order valence-corrected chi connectivity index (χ4v) is 1.79. The molecule has 0 saturated heterocycles. The molecule has 0 aromatic rings. The van der Waals surface area contributed by atoms with E-state index in [1.54, 1.807) is 6.92 Å². The molecule has 0 spiro atoms. The quantitative estimate of drug-likeness (QED) is 0.558. The third-order valence-electron chi connectivity index (χ3n) is 3.27. The molecule has 2 unspecified atom stereocenters. The summed E-state index contributed by atoms with van der Waals surface area (Å²) in [5.74, 6) is -0.449. The van der Waals surface area contributed by atoms with Gasteiger partial charge in [0.1, 0.15) is 0 Å². The highest BCUT2D eigenvalue weighted by Crippen LogP contribution is 2.11. The fraction of sp³-hybridized carbons (Fsp3) is 0.929. The van der Waals surface area contributed by atoms with Crippen molar-refractivity contribution >= 4 is 5.91 Å². The van der Waals surface area contributed by atoms with E-state index in [0.717, 1.165) is 12.8 Å². The van der Waals surface area contributed by atoms with Gasteiger partial charge in [-0.2, -0.15) is 0 Å². The van der Waals surface area contributed by atoms with Crippen LogP contribution in [0.1, 0.15) is 65.7 Å². The number of nitrogens with two attached hydrogens (primary N) is 2. The maximum absolute atomic E-state index is 11.0. The highest BCUT2D eigenvalue weighted by Gasteiger charge is 2.24. The molecule has 108 valence electrons. The largest absolute Gasteiger partial charge is 0.379 e. The van der Waals surface area contributed by atoms with Gasteiger partial charge in [0.2, 0.25) is 5.91 Å². The topological polar surface area (TPSA) is 78.3 Å². The molecule has 0 aromatic heterocycles. The van der Waals surface area contributed by atoms with Gasteiger partial charge >= 0.3 is 0 Å². The van der Waals surface area contributed by atoms with Crippen molar-refractivity contribution in [3.63, 3.8) is 0 Å². The molecule has 0 aliphatic heterocycles. The Hall–Kier alpha value is -0.610. The first-order chi connectivity index (χ1) is 8.40. The number of rotatable bonds is 11. The summed E-state index contributed by atoms with van der Waals surface area (Å²) in [6.45, 7) is 6.63. The second-order valence-corrected chi connectivity index (χ2v) is 5.42. The molecule has 0 aliphatic carbocycles. The second-order valence-electron chi connectivity index (χ2n) is 5.42. The summed E-state index contributed by atoms with van der Waals surface area (Å²) >= 11 is 0. The fourth-order valence-electron chi connectivity index (χ4n) is 1.79. The van der Waals surface area contributed by atoms with E-state index in [0.29, 0.717) is 19.1 Å². The van der Waals surface area contributed by atoms with Crippen molar-refractivity contribution in [2.45, 2.75) is 77.4 Å². The maximum atomic E-state index is 11.0. The number of ether oxygens (including phenoxy) is 1. The van der Waals surface area contributed by atoms with Gasteiger partial charge in [-0.1, -0.05) is 32.6 Å². The number of primary amides is 1. The lowest BCUT2D eigenvalue weighted by Crippen LogP contribution is -2.49. The van der Waals surface area contributed by atoms with E-state index in [-0.39, 0.29) is 0 Å². The Balaban J connectivity index is 3.51. The van der Waals surface area contributed by atoms with Crippen LogP contribution >= 0.6 is 0 Å². The molecule has 0 aliphatic rings. The van der Waals surface area contributed by atoms with Gasteiger partial charge in [0.15, 0.2) is 0 Å². The number of hydrogen-bond donors (Lipinski definition) is 2. The molecule has 2 atom stereocenters. The smallest absolute Gasteiger partial charge is 0.237 e. The van der Waals surface area contributed by atoms with Crippen LogP contribution < -0.4 is 11.5 Å². The van der Waals surface area contributed by atoms with Crippen molar-refractivity contribution in [3.05, 3.63) is 0 Å². The van der Waals surface area contributed by atoms with E-state index >= 15 is 0 Å². The molecule has 0 rings (SSSR count). The monoisotopic (exact) mass is 258 g/mol. The van der Waals surface area contributed by atoms with Crippen molar-refractivity contribution in [1.29, 1.82) is 0 Å². The van der Waals surface area contributed by atoms with E-state index < -0.39 is 11.4 Å². The number of carbonyl (C=O) groups excluding carboxylic acids is 1. The van der Waals surface area contributed by atoms with Crippen LogP contribution in [0, 0.1) is 0 Å². The first-order valence-corrected chi connectivity index (χ1v) is 7.10. The zero-order valence-corrected chi connectivity index (χ0v) is 12.2. The highest BCUT2D eigenvalue weighted by molar-refractivity contribution is 5.83. The van der Waals surface area contributed by atoms with Crippen LogP contribution in [-0.2, 0) is 9.53 Å². The lowest BCUT2D eigenvalue weighted by molar-refractivity contribution is -0.122. The van der Waals surface area contributed by atoms with Crippen LogP contribution in [0.25, 0.3) is 0 Å². The Morgan fingerprint density at radius 3 is 2.50 bits per heavy atom. The van der Waals surface area contributed by atoms with Gasteiger partial charge in [0.05, 0.1) is 11.6 Å². The van der Waals surface area contributed by atoms with Gasteiger partial charge in [-0.05, 0) is 33.1 Å². The van der Waals surface area contributed by atoms with Crippen molar-refractivity contribution in [2.75, 3.05) is 6.61 Å². The van der Waals surface area contributed by atoms with Crippen molar-refractivity contribution in [1.82, 2.24) is 0 Å². The summed E-state index contributed by atoms with van der Waals surface area (Å²) in [5, 5.41) is 0. The average Bonchev–Trinajstić information content (AvgIpc) is 2.30. The Bertz CT molecular complexity index is 230. The van der Waals surface area contributed by atoms with Gasteiger partial charge in [-0.15, -0.1) is 0 Å². The van der Waals surface area contributed by atoms with Gasteiger partial charge in [-0.25, -0.2) is 0 Å². The summed E-state index contributed by atoms with van der Waals surface area (Å²) in [5.41, 5.74) is 10.1. The molecule has 18 heavy (non-hydrogen) atoms. The first kappa shape index (κ1) is 17.4. The van der Waals surface area contributed by atoms with Crippen LogP contribution in [0.4, 0.5) is 0 Å². The normalized spacial score (nSPS) is 16.2. The molecule has 4 N–H and O–H groups in total. The Morgan fingerprint density at radius 2 is 1.94 bits per heavy atom. The number of amides is 1. The van der Waals surface area contributed by atoms with Gasteiger partial charge < -0.3 is 16.2 Å². The summed E-state index contributed by atoms with van der Waals surface area (Å²) in [6, 6.07) is 0.